The summed E-state index contributed by atoms with van der Waals surface area (Å²) >= 11 is 0. The quantitative estimate of drug-likeness (QED) is 0.215. The summed E-state index contributed by atoms with van der Waals surface area (Å²) in [7, 11) is 0. The minimum Gasteiger partial charge on any atom is -0.504 e. The zero-order valence-corrected chi connectivity index (χ0v) is 18.9. The Labute approximate surface area is 200 Å². The Morgan fingerprint density at radius 3 is 2.17 bits per heavy atom. The fourth-order valence-corrected chi connectivity index (χ4v) is 3.53. The molecule has 5 atom stereocenters. The average Bonchev–Trinajstić information content (AvgIpc) is 2.82. The summed E-state index contributed by atoms with van der Waals surface area (Å²) in [4.78, 5) is 23.3. The van der Waals surface area contributed by atoms with Gasteiger partial charge in [-0.15, -0.1) is 0 Å². The van der Waals surface area contributed by atoms with Crippen LogP contribution in [0.3, 0.4) is 0 Å². The summed E-state index contributed by atoms with van der Waals surface area (Å²) in [5.41, 5.74) is 0.704. The van der Waals surface area contributed by atoms with E-state index in [4.69, 9.17) is 14.2 Å². The number of hydrogen-bond acceptors (Lipinski definition) is 11. The number of hydrogen-bond donors (Lipinski definition) is 6. The maximum atomic E-state index is 12.2. The smallest absolute Gasteiger partial charge is 0.338 e. The SMILES string of the molecule is CC(=O)CCCc1ccc(O[C@@H]2O[C@H](COC(=O)c3cc(O)c(O)c(O)c3)[C@@H](O)[C@H](O)[C@H]2O)cc1. The highest BCUT2D eigenvalue weighted by Gasteiger charge is 2.45. The fraction of sp³-hybridized carbons (Fsp3) is 0.417. The number of aliphatic hydroxyl groups is 3. The number of phenolic OH excluding ortho intramolecular Hbond substituents is 3. The number of aryl methyl sites for hydroxylation is 1. The highest BCUT2D eigenvalue weighted by atomic mass is 16.7. The van der Waals surface area contributed by atoms with Gasteiger partial charge in [0, 0.05) is 6.42 Å². The van der Waals surface area contributed by atoms with Gasteiger partial charge in [-0.3, -0.25) is 0 Å². The molecule has 0 spiro atoms. The summed E-state index contributed by atoms with van der Waals surface area (Å²) < 4.78 is 16.2. The van der Waals surface area contributed by atoms with Crippen LogP contribution >= 0.6 is 0 Å². The monoisotopic (exact) mass is 492 g/mol. The highest BCUT2D eigenvalue weighted by Crippen LogP contribution is 2.35. The number of carbonyl (C=O) groups excluding carboxylic acids is 2. The molecular formula is C24H28O11. The van der Waals surface area contributed by atoms with Crippen molar-refractivity contribution in [3.05, 3.63) is 47.5 Å². The summed E-state index contributed by atoms with van der Waals surface area (Å²) in [6, 6.07) is 8.61. The molecule has 0 bridgehead atoms. The Bertz CT molecular complexity index is 1010. The van der Waals surface area contributed by atoms with Crippen LogP contribution in [0, 0.1) is 0 Å². The first-order valence-corrected chi connectivity index (χ1v) is 10.9. The molecule has 1 aliphatic rings. The zero-order chi connectivity index (χ0) is 25.7. The molecule has 6 N–H and O–H groups in total. The summed E-state index contributed by atoms with van der Waals surface area (Å²) in [5, 5.41) is 59.2. The molecule has 0 unspecified atom stereocenters. The Morgan fingerprint density at radius 2 is 1.57 bits per heavy atom. The lowest BCUT2D eigenvalue weighted by atomic mass is 9.99. The Morgan fingerprint density at radius 1 is 0.943 bits per heavy atom. The predicted molar refractivity (Wildman–Crippen MR) is 119 cm³/mol. The van der Waals surface area contributed by atoms with Crippen LogP contribution in [-0.2, 0) is 20.7 Å². The van der Waals surface area contributed by atoms with Gasteiger partial charge in [-0.25, -0.2) is 4.79 Å². The molecule has 0 saturated carbocycles. The first-order chi connectivity index (χ1) is 16.6. The molecular weight excluding hydrogens is 464 g/mol. The van der Waals surface area contributed by atoms with Gasteiger partial charge in [0.15, 0.2) is 17.2 Å². The number of aromatic hydroxyl groups is 3. The van der Waals surface area contributed by atoms with Crippen LogP contribution in [0.25, 0.3) is 0 Å². The van der Waals surface area contributed by atoms with Crippen LogP contribution < -0.4 is 4.74 Å². The molecule has 1 saturated heterocycles. The molecule has 190 valence electrons. The number of aliphatic hydroxyl groups excluding tert-OH is 3. The van der Waals surface area contributed by atoms with Crippen molar-refractivity contribution >= 4 is 11.8 Å². The highest BCUT2D eigenvalue weighted by molar-refractivity contribution is 5.91. The molecule has 1 fully saturated rings. The fourth-order valence-electron chi connectivity index (χ4n) is 3.53. The molecule has 2 aromatic rings. The second-order valence-electron chi connectivity index (χ2n) is 8.29. The number of esters is 1. The topological polar surface area (TPSA) is 183 Å². The average molecular weight is 492 g/mol. The third-order valence-corrected chi connectivity index (χ3v) is 5.52. The van der Waals surface area contributed by atoms with E-state index in [-0.39, 0.29) is 11.3 Å². The van der Waals surface area contributed by atoms with E-state index in [1.54, 1.807) is 24.3 Å². The lowest BCUT2D eigenvalue weighted by Crippen LogP contribution is -2.60. The van der Waals surface area contributed by atoms with Crippen molar-refractivity contribution in [2.45, 2.75) is 56.9 Å². The Hall–Kier alpha value is -3.38. The van der Waals surface area contributed by atoms with Gasteiger partial charge < -0.3 is 49.6 Å². The van der Waals surface area contributed by atoms with Crippen LogP contribution in [0.4, 0.5) is 0 Å². The van der Waals surface area contributed by atoms with Gasteiger partial charge in [-0.1, -0.05) is 12.1 Å². The van der Waals surface area contributed by atoms with Crippen LogP contribution in [0.2, 0.25) is 0 Å². The van der Waals surface area contributed by atoms with Gasteiger partial charge in [-0.05, 0) is 49.6 Å². The molecule has 0 aliphatic carbocycles. The minimum absolute atomic E-state index is 0.119. The normalized spacial score (nSPS) is 24.1. The van der Waals surface area contributed by atoms with E-state index < -0.39 is 60.5 Å². The van der Waals surface area contributed by atoms with E-state index >= 15 is 0 Å². The largest absolute Gasteiger partial charge is 0.504 e. The van der Waals surface area contributed by atoms with Gasteiger partial charge in [0.2, 0.25) is 6.29 Å². The molecule has 0 aromatic heterocycles. The molecule has 3 rings (SSSR count). The van der Waals surface area contributed by atoms with Crippen molar-refractivity contribution in [2.24, 2.45) is 0 Å². The van der Waals surface area contributed by atoms with Crippen molar-refractivity contribution in [3.63, 3.8) is 0 Å². The van der Waals surface area contributed by atoms with Gasteiger partial charge in [0.1, 0.15) is 42.6 Å². The first-order valence-electron chi connectivity index (χ1n) is 10.9. The van der Waals surface area contributed by atoms with E-state index in [0.717, 1.165) is 17.7 Å². The maximum Gasteiger partial charge on any atom is 0.338 e. The Kier molecular flexibility index (Phi) is 8.52. The van der Waals surface area contributed by atoms with Crippen molar-refractivity contribution in [2.75, 3.05) is 6.61 Å². The summed E-state index contributed by atoms with van der Waals surface area (Å²) in [6.07, 6.45) is -5.62. The number of ketones is 1. The van der Waals surface area contributed by atoms with Crippen LogP contribution in [-0.4, -0.2) is 79.7 Å². The van der Waals surface area contributed by atoms with Crippen LogP contribution in [0.1, 0.15) is 35.7 Å². The summed E-state index contributed by atoms with van der Waals surface area (Å²) in [6.45, 7) is 0.982. The second kappa shape index (κ2) is 11.4. The lowest BCUT2D eigenvalue weighted by Gasteiger charge is -2.39. The van der Waals surface area contributed by atoms with Crippen molar-refractivity contribution < 1.29 is 54.4 Å². The summed E-state index contributed by atoms with van der Waals surface area (Å²) in [5.74, 6) is -2.84. The number of benzene rings is 2. The number of phenols is 3. The van der Waals surface area contributed by atoms with Gasteiger partial charge >= 0.3 is 5.97 Å². The van der Waals surface area contributed by atoms with Crippen LogP contribution in [0.5, 0.6) is 23.0 Å². The molecule has 1 aliphatic heterocycles. The third-order valence-electron chi connectivity index (χ3n) is 5.52. The number of rotatable bonds is 9. The number of carbonyl (C=O) groups is 2. The third kappa shape index (κ3) is 6.61. The zero-order valence-electron chi connectivity index (χ0n) is 18.9. The Balaban J connectivity index is 1.60. The molecule has 11 nitrogen and oxygen atoms in total. The van der Waals surface area contributed by atoms with E-state index in [9.17, 15) is 40.2 Å². The predicted octanol–water partition coefficient (Wildman–Crippen LogP) is 0.758. The van der Waals surface area contributed by atoms with Crippen molar-refractivity contribution in [1.29, 1.82) is 0 Å². The van der Waals surface area contributed by atoms with Crippen molar-refractivity contribution in [1.82, 2.24) is 0 Å². The minimum atomic E-state index is -1.66. The number of ether oxygens (including phenoxy) is 3. The van der Waals surface area contributed by atoms with E-state index in [1.165, 1.54) is 6.92 Å². The lowest BCUT2D eigenvalue weighted by molar-refractivity contribution is -0.277. The first kappa shape index (κ1) is 26.2. The molecule has 11 heteroatoms. The van der Waals surface area contributed by atoms with Gasteiger partial charge in [0.25, 0.3) is 0 Å². The van der Waals surface area contributed by atoms with Gasteiger partial charge in [-0.2, -0.15) is 0 Å². The van der Waals surface area contributed by atoms with E-state index in [0.29, 0.717) is 25.0 Å². The van der Waals surface area contributed by atoms with Gasteiger partial charge in [0.05, 0.1) is 5.56 Å². The molecule has 35 heavy (non-hydrogen) atoms. The van der Waals surface area contributed by atoms with Crippen molar-refractivity contribution in [3.8, 4) is 23.0 Å². The molecule has 0 amide bonds. The van der Waals surface area contributed by atoms with E-state index in [1.807, 2.05) is 0 Å². The molecule has 1 heterocycles. The molecule has 0 radical (unpaired) electrons. The number of Topliss-reactive ketones (excluding diaryl/α,β-unsaturated/α-hetero) is 1. The maximum absolute atomic E-state index is 12.2. The van der Waals surface area contributed by atoms with Crippen LogP contribution in [0.15, 0.2) is 36.4 Å². The molecule has 2 aromatic carbocycles. The standard InChI is InChI=1S/C24H28O11/c1-12(25)3-2-4-13-5-7-15(8-6-13)34-24-22(31)21(30)20(29)18(35-24)11-33-23(32)14-9-16(26)19(28)17(27)10-14/h5-10,18,20-22,24,26-31H,2-4,11H2,1H3/t18-,20-,21+,22-,24-/m1/s1. The second-order valence-corrected chi connectivity index (χ2v) is 8.29. The van der Waals surface area contributed by atoms with E-state index in [2.05, 4.69) is 0 Å².